The quantitative estimate of drug-likeness (QED) is 0.867. The van der Waals surface area contributed by atoms with E-state index in [1.165, 1.54) is 35.3 Å². The number of rotatable bonds is 4. The maximum atomic E-state index is 5.47. The van der Waals surface area contributed by atoms with Crippen LogP contribution in [0.2, 0.25) is 0 Å². The monoisotopic (exact) mass is 317 g/mol. The zero-order chi connectivity index (χ0) is 14.8. The molecule has 0 amide bonds. The number of aromatic nitrogens is 1. The molecule has 2 fully saturated rings. The molecule has 5 heteroatoms. The summed E-state index contributed by atoms with van der Waals surface area (Å²) in [6.45, 7) is 7.66. The molecule has 1 aromatic heterocycles. The molecule has 4 nitrogen and oxygen atoms in total. The van der Waals surface area contributed by atoms with Crippen molar-refractivity contribution >= 4 is 27.4 Å². The third-order valence-electron chi connectivity index (χ3n) is 4.91. The zero-order valence-corrected chi connectivity index (χ0v) is 13.7. The topological polar surface area (TPSA) is 28.6 Å². The van der Waals surface area contributed by atoms with Crippen molar-refractivity contribution < 1.29 is 4.74 Å². The predicted molar refractivity (Wildman–Crippen MR) is 91.8 cm³/mol. The van der Waals surface area contributed by atoms with Gasteiger partial charge in [0.15, 0.2) is 0 Å². The highest BCUT2D eigenvalue weighted by molar-refractivity contribution is 7.13. The van der Waals surface area contributed by atoms with Gasteiger partial charge >= 0.3 is 0 Å². The average Bonchev–Trinajstić information content (AvgIpc) is 3.23. The molecule has 1 atom stereocenters. The molecule has 2 aliphatic heterocycles. The van der Waals surface area contributed by atoms with Crippen LogP contribution in [-0.2, 0) is 4.74 Å². The molecule has 118 valence electrons. The van der Waals surface area contributed by atoms with Gasteiger partial charge in [-0.25, -0.2) is 0 Å². The fourth-order valence-corrected chi connectivity index (χ4v) is 4.26. The normalized spacial score (nSPS) is 23.5. The van der Waals surface area contributed by atoms with Crippen molar-refractivity contribution in [2.45, 2.75) is 12.8 Å². The molecule has 1 aromatic carbocycles. The van der Waals surface area contributed by atoms with Gasteiger partial charge in [-0.15, -0.1) is 0 Å². The van der Waals surface area contributed by atoms with Crippen LogP contribution >= 0.6 is 11.5 Å². The van der Waals surface area contributed by atoms with Gasteiger partial charge in [0.1, 0.15) is 5.82 Å². The highest BCUT2D eigenvalue weighted by Crippen LogP contribution is 2.29. The Balaban J connectivity index is 1.33. The molecule has 0 radical (unpaired) electrons. The summed E-state index contributed by atoms with van der Waals surface area (Å²) in [5, 5.41) is 1.31. The molecule has 0 unspecified atom stereocenters. The zero-order valence-electron chi connectivity index (χ0n) is 12.9. The fourth-order valence-electron chi connectivity index (χ4n) is 3.46. The van der Waals surface area contributed by atoms with Crippen LogP contribution in [0.3, 0.4) is 0 Å². The minimum Gasteiger partial charge on any atom is -0.381 e. The first kappa shape index (κ1) is 14.4. The van der Waals surface area contributed by atoms with Crippen molar-refractivity contribution in [1.29, 1.82) is 0 Å². The molecule has 22 heavy (non-hydrogen) atoms. The Morgan fingerprint density at radius 2 is 2.05 bits per heavy atom. The number of hydrogen-bond donors (Lipinski definition) is 0. The second-order valence-electron chi connectivity index (χ2n) is 6.35. The summed E-state index contributed by atoms with van der Waals surface area (Å²) in [5.74, 6) is 1.98. The summed E-state index contributed by atoms with van der Waals surface area (Å²) in [5.41, 5.74) is 0. The van der Waals surface area contributed by atoms with Crippen molar-refractivity contribution in [1.82, 2.24) is 9.27 Å². The van der Waals surface area contributed by atoms with Crippen molar-refractivity contribution in [3.8, 4) is 0 Å². The minimum absolute atomic E-state index is 0.792. The maximum Gasteiger partial charge on any atom is 0.150 e. The second kappa shape index (κ2) is 6.52. The average molecular weight is 317 g/mol. The van der Waals surface area contributed by atoms with Gasteiger partial charge in [0.05, 0.1) is 4.70 Å². The molecule has 2 saturated heterocycles. The first-order valence-electron chi connectivity index (χ1n) is 8.29. The fraction of sp³-hybridized carbons (Fsp3) is 0.588. The first-order valence-corrected chi connectivity index (χ1v) is 9.07. The van der Waals surface area contributed by atoms with Gasteiger partial charge in [0.25, 0.3) is 0 Å². The van der Waals surface area contributed by atoms with E-state index in [1.807, 2.05) is 0 Å². The lowest BCUT2D eigenvalue weighted by Crippen LogP contribution is -2.47. The second-order valence-corrected chi connectivity index (χ2v) is 7.15. The number of piperazine rings is 1. The van der Waals surface area contributed by atoms with E-state index in [9.17, 15) is 0 Å². The van der Waals surface area contributed by atoms with E-state index in [0.717, 1.165) is 45.3 Å². The number of nitrogens with zero attached hydrogens (tertiary/aromatic N) is 3. The van der Waals surface area contributed by atoms with E-state index < -0.39 is 0 Å². The molecule has 0 bridgehead atoms. The number of anilines is 1. The number of fused-ring (bicyclic) bond motifs is 1. The number of benzene rings is 1. The van der Waals surface area contributed by atoms with E-state index in [-0.39, 0.29) is 0 Å². The standard InChI is InChI=1S/C17H23N3OS/c1-2-4-16-15(3-1)17(18-22-16)20-10-8-19(9-11-20)7-5-14-6-12-21-13-14/h1-4,14H,5-13H2/t14-/m1/s1. The van der Waals surface area contributed by atoms with Crippen molar-refractivity contribution in [2.24, 2.45) is 5.92 Å². The Kier molecular flexibility index (Phi) is 4.28. The van der Waals surface area contributed by atoms with Gasteiger partial charge in [0, 0.05) is 44.8 Å². The Bertz CT molecular complexity index is 615. The summed E-state index contributed by atoms with van der Waals surface area (Å²) >= 11 is 1.62. The Morgan fingerprint density at radius 1 is 1.18 bits per heavy atom. The Morgan fingerprint density at radius 3 is 2.86 bits per heavy atom. The molecular formula is C17H23N3OS. The van der Waals surface area contributed by atoms with Crippen LogP contribution in [0.25, 0.3) is 10.1 Å². The van der Waals surface area contributed by atoms with Crippen LogP contribution in [0.15, 0.2) is 24.3 Å². The highest BCUT2D eigenvalue weighted by Gasteiger charge is 2.22. The van der Waals surface area contributed by atoms with Gasteiger partial charge in [0.2, 0.25) is 0 Å². The van der Waals surface area contributed by atoms with E-state index in [1.54, 1.807) is 11.5 Å². The number of hydrogen-bond acceptors (Lipinski definition) is 5. The predicted octanol–water partition coefficient (Wildman–Crippen LogP) is 2.84. The van der Waals surface area contributed by atoms with Gasteiger partial charge < -0.3 is 9.64 Å². The molecule has 0 spiro atoms. The van der Waals surface area contributed by atoms with Gasteiger partial charge in [-0.3, -0.25) is 4.90 Å². The molecule has 0 saturated carbocycles. The van der Waals surface area contributed by atoms with Crippen LogP contribution < -0.4 is 4.90 Å². The largest absolute Gasteiger partial charge is 0.381 e. The highest BCUT2D eigenvalue weighted by atomic mass is 32.1. The van der Waals surface area contributed by atoms with Crippen molar-refractivity contribution in [3.63, 3.8) is 0 Å². The summed E-state index contributed by atoms with van der Waals surface area (Å²) in [7, 11) is 0. The Labute approximate surface area is 135 Å². The third kappa shape index (κ3) is 2.98. The van der Waals surface area contributed by atoms with E-state index in [0.29, 0.717) is 0 Å². The molecule has 0 aliphatic carbocycles. The van der Waals surface area contributed by atoms with Crippen molar-refractivity contribution in [3.05, 3.63) is 24.3 Å². The van der Waals surface area contributed by atoms with Crippen molar-refractivity contribution in [2.75, 3.05) is 50.8 Å². The van der Waals surface area contributed by atoms with Gasteiger partial charge in [-0.1, -0.05) is 12.1 Å². The first-order chi connectivity index (χ1) is 10.9. The summed E-state index contributed by atoms with van der Waals surface area (Å²) < 4.78 is 11.4. The number of ether oxygens (including phenoxy) is 1. The molecule has 2 aliphatic rings. The summed E-state index contributed by atoms with van der Waals surface area (Å²) in [6.07, 6.45) is 2.55. The van der Waals surface area contributed by atoms with Crippen LogP contribution in [0.1, 0.15) is 12.8 Å². The summed E-state index contributed by atoms with van der Waals surface area (Å²) in [4.78, 5) is 5.05. The van der Waals surface area contributed by atoms with E-state index >= 15 is 0 Å². The lowest BCUT2D eigenvalue weighted by atomic mass is 10.0. The molecule has 3 heterocycles. The summed E-state index contributed by atoms with van der Waals surface area (Å²) in [6, 6.07) is 8.56. The van der Waals surface area contributed by atoms with Crippen LogP contribution in [0, 0.1) is 5.92 Å². The molecule has 2 aromatic rings. The SMILES string of the molecule is c1ccc2c(N3CCN(CC[C@@H]4CCOC4)CC3)nsc2c1. The Hall–Kier alpha value is -1.17. The molecular weight excluding hydrogens is 294 g/mol. The van der Waals surface area contributed by atoms with Gasteiger partial charge in [-0.2, -0.15) is 4.37 Å². The smallest absolute Gasteiger partial charge is 0.150 e. The van der Waals surface area contributed by atoms with Crippen LogP contribution in [0.5, 0.6) is 0 Å². The van der Waals surface area contributed by atoms with Crippen LogP contribution in [0.4, 0.5) is 5.82 Å². The van der Waals surface area contributed by atoms with Crippen LogP contribution in [-0.4, -0.2) is 55.2 Å². The minimum atomic E-state index is 0.792. The van der Waals surface area contributed by atoms with E-state index in [2.05, 4.69) is 38.4 Å². The lowest BCUT2D eigenvalue weighted by molar-refractivity contribution is 0.176. The lowest BCUT2D eigenvalue weighted by Gasteiger charge is -2.35. The maximum absolute atomic E-state index is 5.47. The molecule has 0 N–H and O–H groups in total. The third-order valence-corrected chi connectivity index (χ3v) is 5.72. The molecule has 4 rings (SSSR count). The van der Waals surface area contributed by atoms with Gasteiger partial charge in [-0.05, 0) is 49.0 Å². The van der Waals surface area contributed by atoms with E-state index in [4.69, 9.17) is 4.74 Å².